The Morgan fingerprint density at radius 1 is 1.39 bits per heavy atom. The van der Waals surface area contributed by atoms with Crippen LogP contribution in [-0.4, -0.2) is 18.3 Å². The molecule has 0 spiro atoms. The van der Waals surface area contributed by atoms with Gasteiger partial charge >= 0.3 is 0 Å². The molecule has 2 rings (SSSR count). The topological polar surface area (TPSA) is 41.5 Å². The summed E-state index contributed by atoms with van der Waals surface area (Å²) in [5.41, 5.74) is 0.910. The van der Waals surface area contributed by atoms with Gasteiger partial charge < -0.3 is 15.2 Å². The van der Waals surface area contributed by atoms with Gasteiger partial charge in [0.05, 0.1) is 7.11 Å². The van der Waals surface area contributed by atoms with Gasteiger partial charge in [-0.25, -0.2) is 0 Å². The zero-order valence-electron chi connectivity index (χ0n) is 11.3. The molecule has 0 amide bonds. The highest BCUT2D eigenvalue weighted by Gasteiger charge is 2.18. The van der Waals surface area contributed by atoms with E-state index < -0.39 is 0 Å². The van der Waals surface area contributed by atoms with Crippen LogP contribution in [0.25, 0.3) is 0 Å². The van der Waals surface area contributed by atoms with Gasteiger partial charge in [-0.1, -0.05) is 31.9 Å². The van der Waals surface area contributed by atoms with E-state index >= 15 is 0 Å². The van der Waals surface area contributed by atoms with Crippen molar-refractivity contribution in [3.05, 3.63) is 23.8 Å². The number of hydrogen-bond acceptors (Lipinski definition) is 3. The molecule has 0 aromatic heterocycles. The average Bonchev–Trinajstić information content (AvgIpc) is 2.38. The Labute approximate surface area is 109 Å². The molecule has 100 valence electrons. The van der Waals surface area contributed by atoms with E-state index in [0.717, 1.165) is 11.5 Å². The van der Waals surface area contributed by atoms with Crippen molar-refractivity contribution in [2.45, 2.75) is 45.2 Å². The number of nitrogens with one attached hydrogen (secondary N) is 1. The first-order chi connectivity index (χ1) is 8.70. The zero-order valence-corrected chi connectivity index (χ0v) is 11.3. The Hall–Kier alpha value is -1.22. The Bertz CT molecular complexity index is 392. The summed E-state index contributed by atoms with van der Waals surface area (Å²) in [6, 6.07) is 6.22. The summed E-state index contributed by atoms with van der Waals surface area (Å²) in [7, 11) is 1.58. The number of methoxy groups -OCH3 is 1. The molecule has 3 nitrogen and oxygen atoms in total. The summed E-state index contributed by atoms with van der Waals surface area (Å²) in [5.74, 6) is 1.62. The predicted molar refractivity (Wildman–Crippen MR) is 72.9 cm³/mol. The van der Waals surface area contributed by atoms with E-state index in [2.05, 4.69) is 12.2 Å². The second-order valence-corrected chi connectivity index (χ2v) is 5.32. The van der Waals surface area contributed by atoms with Crippen molar-refractivity contribution in [2.75, 3.05) is 7.11 Å². The Morgan fingerprint density at radius 2 is 2.22 bits per heavy atom. The number of phenols is 1. The molecule has 0 radical (unpaired) electrons. The lowest BCUT2D eigenvalue weighted by Gasteiger charge is -2.27. The molecule has 2 atom stereocenters. The Morgan fingerprint density at radius 3 is 2.94 bits per heavy atom. The largest absolute Gasteiger partial charge is 0.504 e. The van der Waals surface area contributed by atoms with E-state index in [4.69, 9.17) is 4.74 Å². The number of benzene rings is 1. The molecule has 2 unspecified atom stereocenters. The molecule has 1 aromatic rings. The van der Waals surface area contributed by atoms with Crippen LogP contribution in [0.5, 0.6) is 11.5 Å². The van der Waals surface area contributed by atoms with Gasteiger partial charge in [0.25, 0.3) is 0 Å². The highest BCUT2D eigenvalue weighted by Crippen LogP contribution is 2.30. The summed E-state index contributed by atoms with van der Waals surface area (Å²) >= 11 is 0. The van der Waals surface area contributed by atoms with E-state index in [1.807, 2.05) is 12.1 Å². The van der Waals surface area contributed by atoms with E-state index in [-0.39, 0.29) is 5.75 Å². The van der Waals surface area contributed by atoms with Gasteiger partial charge in [0.2, 0.25) is 0 Å². The van der Waals surface area contributed by atoms with E-state index in [9.17, 15) is 5.11 Å². The van der Waals surface area contributed by atoms with Gasteiger partial charge in [0.15, 0.2) is 11.5 Å². The number of aromatic hydroxyl groups is 1. The third-order valence-electron chi connectivity index (χ3n) is 3.82. The first kappa shape index (κ1) is 13.2. The van der Waals surface area contributed by atoms with E-state index in [1.54, 1.807) is 13.2 Å². The van der Waals surface area contributed by atoms with Crippen molar-refractivity contribution in [1.29, 1.82) is 0 Å². The quantitative estimate of drug-likeness (QED) is 0.861. The van der Waals surface area contributed by atoms with Crippen LogP contribution < -0.4 is 10.1 Å². The average molecular weight is 249 g/mol. The number of ether oxygens (including phenoxy) is 1. The highest BCUT2D eigenvalue weighted by molar-refractivity contribution is 5.45. The molecule has 1 fully saturated rings. The predicted octanol–water partition coefficient (Wildman–Crippen LogP) is 3.07. The number of phenolic OH excluding ortho intramolecular Hbond substituents is 1. The van der Waals surface area contributed by atoms with Crippen LogP contribution in [0.15, 0.2) is 18.2 Å². The first-order valence-electron chi connectivity index (χ1n) is 6.79. The summed E-state index contributed by atoms with van der Waals surface area (Å²) in [5, 5.41) is 13.6. The molecule has 0 aliphatic heterocycles. The number of hydrogen-bond donors (Lipinski definition) is 2. The maximum Gasteiger partial charge on any atom is 0.162 e. The van der Waals surface area contributed by atoms with Crippen molar-refractivity contribution < 1.29 is 9.84 Å². The molecular weight excluding hydrogens is 226 g/mol. The minimum absolute atomic E-state index is 0.261. The fourth-order valence-electron chi connectivity index (χ4n) is 2.75. The Balaban J connectivity index is 1.93. The normalized spacial score (nSPS) is 23.9. The maximum atomic E-state index is 10.0. The molecule has 0 heterocycles. The fraction of sp³-hybridized carbons (Fsp3) is 0.600. The monoisotopic (exact) mass is 249 g/mol. The van der Waals surface area contributed by atoms with Crippen molar-refractivity contribution >= 4 is 0 Å². The smallest absolute Gasteiger partial charge is 0.162 e. The van der Waals surface area contributed by atoms with Crippen LogP contribution in [0, 0.1) is 5.92 Å². The summed E-state index contributed by atoms with van der Waals surface area (Å²) in [6.45, 7) is 3.03. The van der Waals surface area contributed by atoms with Crippen LogP contribution in [0.2, 0.25) is 0 Å². The van der Waals surface area contributed by atoms with Crippen LogP contribution in [0.1, 0.15) is 38.2 Å². The van der Waals surface area contributed by atoms with Gasteiger partial charge in [-0.15, -0.1) is 0 Å². The van der Waals surface area contributed by atoms with Crippen molar-refractivity contribution in [3.8, 4) is 11.5 Å². The molecule has 18 heavy (non-hydrogen) atoms. The molecular formula is C15H23NO2. The van der Waals surface area contributed by atoms with Gasteiger partial charge in [0.1, 0.15) is 0 Å². The summed E-state index contributed by atoms with van der Waals surface area (Å²) in [6.07, 6.45) is 5.14. The third kappa shape index (κ3) is 3.16. The van der Waals surface area contributed by atoms with Gasteiger partial charge in [-0.3, -0.25) is 0 Å². The van der Waals surface area contributed by atoms with Gasteiger partial charge in [-0.05, 0) is 24.8 Å². The lowest BCUT2D eigenvalue weighted by Crippen LogP contribution is -2.33. The zero-order chi connectivity index (χ0) is 13.0. The van der Waals surface area contributed by atoms with E-state index in [1.165, 1.54) is 25.7 Å². The van der Waals surface area contributed by atoms with Crippen LogP contribution in [0.3, 0.4) is 0 Å². The van der Waals surface area contributed by atoms with Crippen molar-refractivity contribution in [2.24, 2.45) is 5.92 Å². The van der Waals surface area contributed by atoms with Crippen LogP contribution in [0.4, 0.5) is 0 Å². The number of rotatable bonds is 4. The number of para-hydroxylation sites is 1. The molecule has 0 bridgehead atoms. The van der Waals surface area contributed by atoms with E-state index in [0.29, 0.717) is 18.3 Å². The summed E-state index contributed by atoms with van der Waals surface area (Å²) < 4.78 is 5.12. The van der Waals surface area contributed by atoms with Crippen LogP contribution >= 0.6 is 0 Å². The third-order valence-corrected chi connectivity index (χ3v) is 3.82. The second kappa shape index (κ2) is 6.10. The lowest BCUT2D eigenvalue weighted by molar-refractivity contribution is 0.298. The molecule has 1 aliphatic carbocycles. The van der Waals surface area contributed by atoms with Gasteiger partial charge in [-0.2, -0.15) is 0 Å². The molecule has 1 aliphatic rings. The molecule has 1 saturated carbocycles. The van der Waals surface area contributed by atoms with Crippen molar-refractivity contribution in [1.82, 2.24) is 5.32 Å². The first-order valence-corrected chi connectivity index (χ1v) is 6.79. The van der Waals surface area contributed by atoms with Crippen molar-refractivity contribution in [3.63, 3.8) is 0 Å². The lowest BCUT2D eigenvalue weighted by atomic mass is 9.87. The SMILES string of the molecule is COc1cccc(CNC2CCCC(C)C2)c1O. The van der Waals surface area contributed by atoms with Gasteiger partial charge in [0, 0.05) is 18.2 Å². The van der Waals surface area contributed by atoms with Crippen LogP contribution in [-0.2, 0) is 6.54 Å². The molecule has 3 heteroatoms. The maximum absolute atomic E-state index is 10.0. The minimum atomic E-state index is 0.261. The summed E-state index contributed by atoms with van der Waals surface area (Å²) in [4.78, 5) is 0. The standard InChI is InChI=1S/C15H23NO2/c1-11-5-3-7-13(9-11)16-10-12-6-4-8-14(18-2)15(12)17/h4,6,8,11,13,16-17H,3,5,7,9-10H2,1-2H3. The second-order valence-electron chi connectivity index (χ2n) is 5.32. The fourth-order valence-corrected chi connectivity index (χ4v) is 2.75. The molecule has 2 N–H and O–H groups in total. The molecule has 0 saturated heterocycles. The Kier molecular flexibility index (Phi) is 4.48. The molecule has 1 aromatic carbocycles. The highest BCUT2D eigenvalue weighted by atomic mass is 16.5. The minimum Gasteiger partial charge on any atom is -0.504 e.